The van der Waals surface area contributed by atoms with Crippen molar-refractivity contribution in [3.05, 3.63) is 69.8 Å². The third-order valence-electron chi connectivity index (χ3n) is 3.97. The third kappa shape index (κ3) is 2.00. The highest BCUT2D eigenvalue weighted by atomic mass is 16.3. The lowest BCUT2D eigenvalue weighted by Gasteiger charge is -2.04. The van der Waals surface area contributed by atoms with Crippen LogP contribution in [0.3, 0.4) is 0 Å². The maximum atomic E-state index is 12.6. The van der Waals surface area contributed by atoms with Gasteiger partial charge in [-0.15, -0.1) is 0 Å². The summed E-state index contributed by atoms with van der Waals surface area (Å²) < 4.78 is 5.98. The number of benzene rings is 1. The monoisotopic (exact) mass is 290 g/mol. The highest BCUT2D eigenvalue weighted by molar-refractivity contribution is 5.87. The molecule has 0 unspecified atom stereocenters. The normalized spacial score (nSPS) is 15.4. The summed E-state index contributed by atoms with van der Waals surface area (Å²) in [6, 6.07) is 9.04. The van der Waals surface area contributed by atoms with E-state index in [0.717, 1.165) is 23.1 Å². The standard InChI is InChI=1S/C18H14N2O2/c19-13-4-6-14-16(9-13)22-18-12(3-5-15(18)17(14)21)8-11-2-1-7-20-10-11/h1-2,4,6-10H,3,5,19H2. The average Bonchev–Trinajstić information content (AvgIpc) is 2.91. The molecule has 2 heterocycles. The summed E-state index contributed by atoms with van der Waals surface area (Å²) in [7, 11) is 0. The summed E-state index contributed by atoms with van der Waals surface area (Å²) in [4.78, 5) is 16.7. The van der Waals surface area contributed by atoms with Gasteiger partial charge in [-0.1, -0.05) is 6.07 Å². The minimum Gasteiger partial charge on any atom is -0.456 e. The zero-order valence-corrected chi connectivity index (χ0v) is 11.9. The van der Waals surface area contributed by atoms with E-state index in [2.05, 4.69) is 4.98 Å². The number of anilines is 1. The number of hydrogen-bond acceptors (Lipinski definition) is 4. The van der Waals surface area contributed by atoms with Gasteiger partial charge in [0.2, 0.25) is 0 Å². The predicted molar refractivity (Wildman–Crippen MR) is 87.3 cm³/mol. The number of aromatic nitrogens is 1. The first kappa shape index (κ1) is 12.8. The van der Waals surface area contributed by atoms with Crippen molar-refractivity contribution in [2.45, 2.75) is 12.8 Å². The van der Waals surface area contributed by atoms with Crippen molar-refractivity contribution in [2.24, 2.45) is 0 Å². The molecule has 0 saturated heterocycles. The van der Waals surface area contributed by atoms with Gasteiger partial charge in [-0.3, -0.25) is 9.78 Å². The first-order valence-electron chi connectivity index (χ1n) is 7.18. The minimum atomic E-state index is 0.0471. The average molecular weight is 290 g/mol. The molecule has 108 valence electrons. The summed E-state index contributed by atoms with van der Waals surface area (Å²) >= 11 is 0. The molecule has 1 aliphatic rings. The largest absolute Gasteiger partial charge is 0.456 e. The Morgan fingerprint density at radius 1 is 1.23 bits per heavy atom. The molecule has 0 aliphatic heterocycles. The van der Waals surface area contributed by atoms with Crippen molar-refractivity contribution in [3.8, 4) is 0 Å². The fourth-order valence-electron chi connectivity index (χ4n) is 2.91. The van der Waals surface area contributed by atoms with E-state index in [0.29, 0.717) is 28.8 Å². The van der Waals surface area contributed by atoms with E-state index < -0.39 is 0 Å². The molecule has 4 nitrogen and oxygen atoms in total. The minimum absolute atomic E-state index is 0.0471. The Balaban J connectivity index is 1.93. The maximum absolute atomic E-state index is 12.6. The van der Waals surface area contributed by atoms with Gasteiger partial charge in [-0.05, 0) is 48.3 Å². The number of pyridine rings is 1. The Labute approximate surface area is 126 Å². The fourth-order valence-corrected chi connectivity index (χ4v) is 2.91. The quantitative estimate of drug-likeness (QED) is 0.698. The van der Waals surface area contributed by atoms with Gasteiger partial charge in [-0.2, -0.15) is 0 Å². The van der Waals surface area contributed by atoms with Crippen LogP contribution in [0.2, 0.25) is 0 Å². The van der Waals surface area contributed by atoms with Crippen molar-refractivity contribution in [3.63, 3.8) is 0 Å². The number of rotatable bonds is 1. The molecule has 2 aromatic heterocycles. The van der Waals surface area contributed by atoms with Crippen molar-refractivity contribution in [2.75, 3.05) is 5.73 Å². The van der Waals surface area contributed by atoms with E-state index in [-0.39, 0.29) is 5.43 Å². The van der Waals surface area contributed by atoms with Crippen LogP contribution in [0.5, 0.6) is 0 Å². The van der Waals surface area contributed by atoms with Crippen LogP contribution in [0.1, 0.15) is 23.3 Å². The predicted octanol–water partition coefficient (Wildman–Crippen LogP) is 3.26. The maximum Gasteiger partial charge on any atom is 0.196 e. The summed E-state index contributed by atoms with van der Waals surface area (Å²) in [6.07, 6.45) is 7.07. The summed E-state index contributed by atoms with van der Waals surface area (Å²) in [5, 5.41) is 0.593. The highest BCUT2D eigenvalue weighted by Crippen LogP contribution is 2.34. The molecular formula is C18H14N2O2. The molecule has 22 heavy (non-hydrogen) atoms. The Bertz CT molecular complexity index is 956. The van der Waals surface area contributed by atoms with Crippen LogP contribution in [0, 0.1) is 0 Å². The van der Waals surface area contributed by atoms with Gasteiger partial charge in [-0.25, -0.2) is 0 Å². The lowest BCUT2D eigenvalue weighted by atomic mass is 10.1. The number of nitrogens with two attached hydrogens (primary N) is 1. The Morgan fingerprint density at radius 2 is 2.14 bits per heavy atom. The van der Waals surface area contributed by atoms with E-state index in [9.17, 15) is 4.79 Å². The zero-order valence-electron chi connectivity index (χ0n) is 11.9. The molecule has 3 aromatic rings. The second-order valence-electron chi connectivity index (χ2n) is 5.45. The Morgan fingerprint density at radius 3 is 2.95 bits per heavy atom. The van der Waals surface area contributed by atoms with Crippen LogP contribution in [0.15, 0.2) is 51.9 Å². The SMILES string of the molecule is Nc1ccc2c(=O)c3c(oc2c1)C(=Cc1cccnc1)CC3. The van der Waals surface area contributed by atoms with E-state index >= 15 is 0 Å². The molecule has 4 rings (SSSR count). The van der Waals surface area contributed by atoms with Gasteiger partial charge in [0, 0.05) is 29.7 Å². The second-order valence-corrected chi connectivity index (χ2v) is 5.45. The summed E-state index contributed by atoms with van der Waals surface area (Å²) in [5.41, 5.74) is 9.76. The molecule has 1 aliphatic carbocycles. The van der Waals surface area contributed by atoms with Crippen LogP contribution in [0.25, 0.3) is 22.6 Å². The number of hydrogen-bond donors (Lipinski definition) is 1. The van der Waals surface area contributed by atoms with E-state index in [1.807, 2.05) is 18.2 Å². The summed E-state index contributed by atoms with van der Waals surface area (Å²) in [6.45, 7) is 0. The van der Waals surface area contributed by atoms with Crippen molar-refractivity contribution in [1.82, 2.24) is 4.98 Å². The Hall–Kier alpha value is -2.88. The third-order valence-corrected chi connectivity index (χ3v) is 3.97. The summed E-state index contributed by atoms with van der Waals surface area (Å²) in [5.74, 6) is 0.687. The van der Waals surface area contributed by atoms with Gasteiger partial charge >= 0.3 is 0 Å². The van der Waals surface area contributed by atoms with Crippen LogP contribution < -0.4 is 11.2 Å². The van der Waals surface area contributed by atoms with Crippen LogP contribution in [0.4, 0.5) is 5.69 Å². The van der Waals surface area contributed by atoms with Crippen LogP contribution in [-0.4, -0.2) is 4.98 Å². The molecule has 0 fully saturated rings. The molecular weight excluding hydrogens is 276 g/mol. The second kappa shape index (κ2) is 4.84. The molecule has 0 atom stereocenters. The lowest BCUT2D eigenvalue weighted by molar-refractivity contribution is 0.585. The molecule has 2 N–H and O–H groups in total. The van der Waals surface area contributed by atoms with E-state index in [1.165, 1.54) is 0 Å². The van der Waals surface area contributed by atoms with Crippen molar-refractivity contribution >= 4 is 28.3 Å². The fraction of sp³-hybridized carbons (Fsp3) is 0.111. The van der Waals surface area contributed by atoms with Gasteiger partial charge < -0.3 is 10.2 Å². The number of fused-ring (bicyclic) bond motifs is 2. The van der Waals surface area contributed by atoms with Gasteiger partial charge in [0.15, 0.2) is 5.43 Å². The number of allylic oxidation sites excluding steroid dienone is 1. The molecule has 4 heteroatoms. The molecule has 0 bridgehead atoms. The molecule has 0 saturated carbocycles. The van der Waals surface area contributed by atoms with Crippen LogP contribution in [-0.2, 0) is 6.42 Å². The van der Waals surface area contributed by atoms with Gasteiger partial charge in [0.1, 0.15) is 11.3 Å². The van der Waals surface area contributed by atoms with Crippen LogP contribution >= 0.6 is 0 Å². The molecule has 0 spiro atoms. The van der Waals surface area contributed by atoms with Gasteiger partial charge in [0.25, 0.3) is 0 Å². The molecule has 0 radical (unpaired) electrons. The zero-order chi connectivity index (χ0) is 15.1. The molecule has 1 aromatic carbocycles. The smallest absolute Gasteiger partial charge is 0.196 e. The van der Waals surface area contributed by atoms with Crippen molar-refractivity contribution < 1.29 is 4.42 Å². The van der Waals surface area contributed by atoms with E-state index in [4.69, 9.17) is 10.2 Å². The number of nitrogens with zero attached hydrogens (tertiary/aromatic N) is 1. The molecule has 0 amide bonds. The highest BCUT2D eigenvalue weighted by Gasteiger charge is 2.23. The van der Waals surface area contributed by atoms with E-state index in [1.54, 1.807) is 30.6 Å². The first-order chi connectivity index (χ1) is 10.7. The van der Waals surface area contributed by atoms with Gasteiger partial charge in [0.05, 0.1) is 5.39 Å². The number of nitrogen functional groups attached to an aromatic ring is 1. The topological polar surface area (TPSA) is 69.1 Å². The lowest BCUT2D eigenvalue weighted by Crippen LogP contribution is -2.08. The first-order valence-corrected chi connectivity index (χ1v) is 7.18. The Kier molecular flexibility index (Phi) is 2.82. The van der Waals surface area contributed by atoms with Crippen molar-refractivity contribution in [1.29, 1.82) is 0 Å².